The Hall–Kier alpha value is -2.47. The average molecular weight is 339 g/mol. The highest BCUT2D eigenvalue weighted by atomic mass is 16.1. The van der Waals surface area contributed by atoms with Crippen LogP contribution in [0.1, 0.15) is 42.5 Å². The van der Waals surface area contributed by atoms with E-state index in [0.717, 1.165) is 36.6 Å². The van der Waals surface area contributed by atoms with Gasteiger partial charge < -0.3 is 16.4 Å². The maximum absolute atomic E-state index is 11.3. The normalized spacial score (nSPS) is 17.2. The maximum Gasteiger partial charge on any atom is 0.248 e. The number of primary amides is 1. The third-order valence-electron chi connectivity index (χ3n) is 4.56. The largest absolute Gasteiger partial charge is 0.369 e. The fourth-order valence-electron chi connectivity index (χ4n) is 3.15. The van der Waals surface area contributed by atoms with E-state index in [4.69, 9.17) is 5.73 Å². The molecule has 1 aromatic heterocycles. The summed E-state index contributed by atoms with van der Waals surface area (Å²) in [5.41, 5.74) is 7.34. The van der Waals surface area contributed by atoms with E-state index in [1.807, 2.05) is 18.2 Å². The lowest BCUT2D eigenvalue weighted by molar-refractivity contribution is 0.100. The van der Waals surface area contributed by atoms with Gasteiger partial charge >= 0.3 is 0 Å². The molecule has 1 amide bonds. The molecule has 0 aliphatic carbocycles. The van der Waals surface area contributed by atoms with Crippen LogP contribution in [-0.4, -0.2) is 35.2 Å². The van der Waals surface area contributed by atoms with Gasteiger partial charge in [0.15, 0.2) is 0 Å². The molecule has 0 bridgehead atoms. The second kappa shape index (κ2) is 8.58. The van der Waals surface area contributed by atoms with Crippen molar-refractivity contribution in [2.75, 3.05) is 18.4 Å². The van der Waals surface area contributed by atoms with Crippen molar-refractivity contribution in [3.63, 3.8) is 0 Å². The quantitative estimate of drug-likeness (QED) is 0.674. The summed E-state index contributed by atoms with van der Waals surface area (Å²) in [6.45, 7) is 2.05. The summed E-state index contributed by atoms with van der Waals surface area (Å²) in [5.74, 6) is 0.326. The second-order valence-corrected chi connectivity index (χ2v) is 6.46. The molecule has 0 spiro atoms. The van der Waals surface area contributed by atoms with Crippen LogP contribution in [0.4, 0.5) is 5.82 Å². The molecular weight excluding hydrogens is 314 g/mol. The number of nitrogens with one attached hydrogen (secondary N) is 2. The first-order chi connectivity index (χ1) is 12.2. The number of carbonyl (C=O) groups is 1. The summed E-state index contributed by atoms with van der Waals surface area (Å²) in [4.78, 5) is 11.3. The molecule has 6 nitrogen and oxygen atoms in total. The molecular formula is C19H25N5O. The fourth-order valence-corrected chi connectivity index (χ4v) is 3.15. The highest BCUT2D eigenvalue weighted by Crippen LogP contribution is 2.18. The molecule has 4 N–H and O–H groups in total. The first kappa shape index (κ1) is 17.4. The van der Waals surface area contributed by atoms with Gasteiger partial charge in [0.25, 0.3) is 0 Å². The third kappa shape index (κ3) is 5.00. The van der Waals surface area contributed by atoms with Crippen molar-refractivity contribution in [3.05, 3.63) is 42.0 Å². The number of anilines is 1. The molecule has 2 heterocycles. The number of hydrogen-bond donors (Lipinski definition) is 3. The Bertz CT molecular complexity index is 695. The molecule has 132 valence electrons. The van der Waals surface area contributed by atoms with Gasteiger partial charge in [0.05, 0.1) is 5.69 Å². The van der Waals surface area contributed by atoms with E-state index in [9.17, 15) is 4.79 Å². The summed E-state index contributed by atoms with van der Waals surface area (Å²) in [6.07, 6.45) is 6.24. The van der Waals surface area contributed by atoms with Crippen molar-refractivity contribution in [2.24, 2.45) is 5.73 Å². The van der Waals surface area contributed by atoms with Gasteiger partial charge in [-0.15, -0.1) is 10.2 Å². The minimum atomic E-state index is -0.444. The Morgan fingerprint density at radius 2 is 2.16 bits per heavy atom. The molecule has 3 rings (SSSR count). The number of nitrogens with two attached hydrogens (primary N) is 1. The number of rotatable bonds is 7. The van der Waals surface area contributed by atoms with Crippen LogP contribution in [0, 0.1) is 0 Å². The molecule has 1 fully saturated rings. The SMILES string of the molecule is NC(=O)c1cccc(-c2ccc(NCCCC3CCCCN3)nn2)c1. The summed E-state index contributed by atoms with van der Waals surface area (Å²) < 4.78 is 0. The lowest BCUT2D eigenvalue weighted by atomic mass is 10.0. The Kier molecular flexibility index (Phi) is 5.95. The highest BCUT2D eigenvalue weighted by Gasteiger charge is 2.11. The van der Waals surface area contributed by atoms with Gasteiger partial charge in [0.1, 0.15) is 5.82 Å². The lowest BCUT2D eigenvalue weighted by Gasteiger charge is -2.23. The third-order valence-corrected chi connectivity index (χ3v) is 4.56. The van der Waals surface area contributed by atoms with Crippen LogP contribution in [0.5, 0.6) is 0 Å². The Balaban J connectivity index is 1.50. The molecule has 25 heavy (non-hydrogen) atoms. The molecule has 2 aromatic rings. The lowest BCUT2D eigenvalue weighted by Crippen LogP contribution is -2.34. The Morgan fingerprint density at radius 3 is 2.88 bits per heavy atom. The van der Waals surface area contributed by atoms with Crippen molar-refractivity contribution >= 4 is 11.7 Å². The van der Waals surface area contributed by atoms with Gasteiger partial charge in [0, 0.05) is 23.7 Å². The van der Waals surface area contributed by atoms with Gasteiger partial charge in [-0.2, -0.15) is 0 Å². The molecule has 6 heteroatoms. The van der Waals surface area contributed by atoms with E-state index in [1.54, 1.807) is 18.2 Å². The molecule has 1 atom stereocenters. The minimum absolute atomic E-state index is 0.444. The zero-order valence-corrected chi connectivity index (χ0v) is 14.4. The van der Waals surface area contributed by atoms with E-state index in [0.29, 0.717) is 11.6 Å². The van der Waals surface area contributed by atoms with Gasteiger partial charge in [-0.3, -0.25) is 4.79 Å². The molecule has 1 saturated heterocycles. The van der Waals surface area contributed by atoms with Crippen molar-refractivity contribution in [1.29, 1.82) is 0 Å². The zero-order chi connectivity index (χ0) is 17.5. The maximum atomic E-state index is 11.3. The van der Waals surface area contributed by atoms with Crippen LogP contribution in [0.3, 0.4) is 0 Å². The summed E-state index contributed by atoms with van der Waals surface area (Å²) in [5, 5.41) is 15.3. The first-order valence-electron chi connectivity index (χ1n) is 8.93. The van der Waals surface area contributed by atoms with E-state index in [-0.39, 0.29) is 0 Å². The number of piperidine rings is 1. The highest BCUT2D eigenvalue weighted by molar-refractivity contribution is 5.93. The van der Waals surface area contributed by atoms with Crippen molar-refractivity contribution in [2.45, 2.75) is 38.1 Å². The molecule has 1 aliphatic heterocycles. The van der Waals surface area contributed by atoms with Crippen molar-refractivity contribution < 1.29 is 4.79 Å². The topological polar surface area (TPSA) is 92.9 Å². The predicted octanol–water partition coefficient (Wildman–Crippen LogP) is 2.58. The molecule has 0 radical (unpaired) electrons. The van der Waals surface area contributed by atoms with Gasteiger partial charge in [-0.25, -0.2) is 0 Å². The summed E-state index contributed by atoms with van der Waals surface area (Å²) in [6, 6.07) is 11.6. The van der Waals surface area contributed by atoms with Crippen LogP contribution in [0.25, 0.3) is 11.3 Å². The standard InChI is InChI=1S/C19H25N5O/c20-19(25)15-6-3-5-14(13-15)17-9-10-18(24-23-17)22-12-4-8-16-7-1-2-11-21-16/h3,5-6,9-10,13,16,21H,1-2,4,7-8,11-12H2,(H2,20,25)(H,22,24). The van der Waals surface area contributed by atoms with E-state index in [1.165, 1.54) is 25.7 Å². The van der Waals surface area contributed by atoms with Crippen molar-refractivity contribution in [3.8, 4) is 11.3 Å². The van der Waals surface area contributed by atoms with Crippen molar-refractivity contribution in [1.82, 2.24) is 15.5 Å². The van der Waals surface area contributed by atoms with Gasteiger partial charge in [-0.1, -0.05) is 18.6 Å². The Labute approximate surface area is 148 Å². The van der Waals surface area contributed by atoms with Gasteiger partial charge in [-0.05, 0) is 56.5 Å². The number of amides is 1. The zero-order valence-electron chi connectivity index (χ0n) is 14.4. The van der Waals surface area contributed by atoms with Gasteiger partial charge in [0.2, 0.25) is 5.91 Å². The Morgan fingerprint density at radius 1 is 1.24 bits per heavy atom. The number of carbonyl (C=O) groups excluding carboxylic acids is 1. The van der Waals surface area contributed by atoms with Crippen LogP contribution >= 0.6 is 0 Å². The first-order valence-corrected chi connectivity index (χ1v) is 8.93. The average Bonchev–Trinajstić information content (AvgIpc) is 2.67. The number of hydrogen-bond acceptors (Lipinski definition) is 5. The summed E-state index contributed by atoms with van der Waals surface area (Å²) in [7, 11) is 0. The number of aromatic nitrogens is 2. The van der Waals surface area contributed by atoms with E-state index in [2.05, 4.69) is 20.8 Å². The molecule has 1 unspecified atom stereocenters. The van der Waals surface area contributed by atoms with Crippen LogP contribution in [0.15, 0.2) is 36.4 Å². The minimum Gasteiger partial charge on any atom is -0.369 e. The molecule has 1 aliphatic rings. The molecule has 1 aromatic carbocycles. The number of benzene rings is 1. The van der Waals surface area contributed by atoms with Crippen LogP contribution < -0.4 is 16.4 Å². The fraction of sp³-hybridized carbons (Fsp3) is 0.421. The van der Waals surface area contributed by atoms with Crippen LogP contribution in [-0.2, 0) is 0 Å². The van der Waals surface area contributed by atoms with Crippen LogP contribution in [0.2, 0.25) is 0 Å². The summed E-state index contributed by atoms with van der Waals surface area (Å²) >= 11 is 0. The number of nitrogens with zero attached hydrogens (tertiary/aromatic N) is 2. The van der Waals surface area contributed by atoms with E-state index < -0.39 is 5.91 Å². The smallest absolute Gasteiger partial charge is 0.248 e. The predicted molar refractivity (Wildman–Crippen MR) is 99.4 cm³/mol. The molecule has 0 saturated carbocycles. The second-order valence-electron chi connectivity index (χ2n) is 6.46. The monoisotopic (exact) mass is 339 g/mol. The van der Waals surface area contributed by atoms with E-state index >= 15 is 0 Å².